The lowest BCUT2D eigenvalue weighted by atomic mass is 9.66. The van der Waals surface area contributed by atoms with E-state index in [2.05, 4.69) is 56.3 Å². The predicted molar refractivity (Wildman–Crippen MR) is 101 cm³/mol. The van der Waals surface area contributed by atoms with E-state index in [1.54, 1.807) is 11.1 Å². The molecule has 1 saturated carbocycles. The van der Waals surface area contributed by atoms with Gasteiger partial charge in [-0.05, 0) is 86.8 Å². The molecule has 0 spiro atoms. The highest BCUT2D eigenvalue weighted by molar-refractivity contribution is 5.87. The monoisotopic (exact) mass is 313 g/mol. The van der Waals surface area contributed by atoms with Crippen LogP contribution >= 0.6 is 0 Å². The van der Waals surface area contributed by atoms with Crippen LogP contribution in [0.15, 0.2) is 42.5 Å². The van der Waals surface area contributed by atoms with Crippen LogP contribution in [-0.4, -0.2) is 4.98 Å². The summed E-state index contributed by atoms with van der Waals surface area (Å²) in [6.07, 6.45) is 5.51. The summed E-state index contributed by atoms with van der Waals surface area (Å²) in [7, 11) is 0. The van der Waals surface area contributed by atoms with Crippen molar-refractivity contribution in [3.63, 3.8) is 0 Å². The lowest BCUT2D eigenvalue weighted by molar-refractivity contribution is 0.361. The molecule has 1 aromatic heterocycles. The fourth-order valence-electron chi connectivity index (χ4n) is 5.03. The molecule has 120 valence electrons. The molecular weight excluding hydrogens is 290 g/mol. The Kier molecular flexibility index (Phi) is 3.06. The molecule has 2 aromatic carbocycles. The summed E-state index contributed by atoms with van der Waals surface area (Å²) < 4.78 is 0. The van der Waals surface area contributed by atoms with Gasteiger partial charge in [0.15, 0.2) is 0 Å². The van der Waals surface area contributed by atoms with E-state index in [-0.39, 0.29) is 0 Å². The first-order valence-corrected chi connectivity index (χ1v) is 9.21. The van der Waals surface area contributed by atoms with Gasteiger partial charge in [-0.25, -0.2) is 4.98 Å². The molecule has 1 fully saturated rings. The molecule has 0 saturated heterocycles. The predicted octanol–water partition coefficient (Wildman–Crippen LogP) is 6.27. The maximum absolute atomic E-state index is 5.02. The molecule has 0 aliphatic heterocycles. The minimum absolute atomic E-state index is 0.766. The summed E-state index contributed by atoms with van der Waals surface area (Å²) in [4.78, 5) is 5.02. The Hall–Kier alpha value is -2.15. The van der Waals surface area contributed by atoms with Crippen molar-refractivity contribution in [2.45, 2.75) is 51.4 Å². The van der Waals surface area contributed by atoms with Gasteiger partial charge in [-0.3, -0.25) is 0 Å². The molecule has 1 heteroatoms. The van der Waals surface area contributed by atoms with Crippen LogP contribution in [0.5, 0.6) is 0 Å². The summed E-state index contributed by atoms with van der Waals surface area (Å²) >= 11 is 0. The topological polar surface area (TPSA) is 12.9 Å². The van der Waals surface area contributed by atoms with Crippen molar-refractivity contribution in [1.82, 2.24) is 4.98 Å². The summed E-state index contributed by atoms with van der Waals surface area (Å²) in [6.45, 7) is 4.31. The Morgan fingerprint density at radius 2 is 1.50 bits per heavy atom. The maximum Gasteiger partial charge on any atom is 0.0712 e. The van der Waals surface area contributed by atoms with Crippen LogP contribution in [0.25, 0.3) is 22.2 Å². The summed E-state index contributed by atoms with van der Waals surface area (Å²) in [5.41, 5.74) is 9.33. The first-order chi connectivity index (χ1) is 11.7. The molecule has 0 atom stereocenters. The van der Waals surface area contributed by atoms with Crippen LogP contribution in [0.1, 0.15) is 59.8 Å². The van der Waals surface area contributed by atoms with E-state index < -0.39 is 0 Å². The molecule has 0 radical (unpaired) electrons. The van der Waals surface area contributed by atoms with Crippen molar-refractivity contribution in [1.29, 1.82) is 0 Å². The number of fused-ring (bicyclic) bond motifs is 3. The Labute approximate surface area is 143 Å². The van der Waals surface area contributed by atoms with Crippen LogP contribution in [0.4, 0.5) is 0 Å². The van der Waals surface area contributed by atoms with Gasteiger partial charge in [0.2, 0.25) is 0 Å². The molecule has 1 nitrogen and oxygen atoms in total. The smallest absolute Gasteiger partial charge is 0.0712 e. The molecule has 24 heavy (non-hydrogen) atoms. The van der Waals surface area contributed by atoms with Crippen molar-refractivity contribution in [2.24, 2.45) is 0 Å². The largest absolute Gasteiger partial charge is 0.248 e. The van der Waals surface area contributed by atoms with Gasteiger partial charge < -0.3 is 0 Å². The highest BCUT2D eigenvalue weighted by atomic mass is 14.7. The third kappa shape index (κ3) is 2.11. The van der Waals surface area contributed by atoms with E-state index >= 15 is 0 Å². The Bertz CT molecular complexity index is 925. The first-order valence-electron chi connectivity index (χ1n) is 9.21. The van der Waals surface area contributed by atoms with Crippen LogP contribution in [-0.2, 0) is 0 Å². The lowest BCUT2D eigenvalue weighted by Crippen LogP contribution is -2.21. The zero-order valence-electron chi connectivity index (χ0n) is 14.5. The number of rotatable bonds is 1. The van der Waals surface area contributed by atoms with E-state index in [1.165, 1.54) is 47.8 Å². The second kappa shape index (κ2) is 5.17. The van der Waals surface area contributed by atoms with Gasteiger partial charge in [-0.1, -0.05) is 29.3 Å². The van der Waals surface area contributed by atoms with Crippen molar-refractivity contribution in [3.8, 4) is 11.3 Å². The second-order valence-corrected chi connectivity index (χ2v) is 7.76. The summed E-state index contributed by atoms with van der Waals surface area (Å²) in [5, 5.41) is 1.40. The van der Waals surface area contributed by atoms with Crippen LogP contribution in [0.3, 0.4) is 0 Å². The number of benzene rings is 2. The van der Waals surface area contributed by atoms with Gasteiger partial charge in [0.25, 0.3) is 0 Å². The highest BCUT2D eigenvalue weighted by Crippen LogP contribution is 2.51. The zero-order valence-corrected chi connectivity index (χ0v) is 14.5. The maximum atomic E-state index is 5.02. The molecule has 0 unspecified atom stereocenters. The zero-order chi connectivity index (χ0) is 16.3. The lowest BCUT2D eigenvalue weighted by Gasteiger charge is -2.39. The normalized spacial score (nSPS) is 21.9. The number of hydrogen-bond donors (Lipinski definition) is 0. The van der Waals surface area contributed by atoms with Crippen LogP contribution < -0.4 is 0 Å². The van der Waals surface area contributed by atoms with Crippen molar-refractivity contribution in [2.75, 3.05) is 0 Å². The molecular formula is C23H23N. The van der Waals surface area contributed by atoms with Crippen LogP contribution in [0, 0.1) is 13.8 Å². The average Bonchev–Trinajstić information content (AvgIpc) is 2.61. The third-order valence-electron chi connectivity index (χ3n) is 6.04. The average molecular weight is 313 g/mol. The number of aromatic nitrogens is 1. The number of hydrogen-bond acceptors (Lipinski definition) is 1. The number of nitrogens with zero attached hydrogens (tertiary/aromatic N) is 1. The van der Waals surface area contributed by atoms with E-state index in [1.807, 2.05) is 0 Å². The Morgan fingerprint density at radius 3 is 2.25 bits per heavy atom. The van der Waals surface area contributed by atoms with Gasteiger partial charge in [0.1, 0.15) is 0 Å². The van der Waals surface area contributed by atoms with E-state index in [0.29, 0.717) is 0 Å². The molecule has 0 amide bonds. The molecule has 3 aliphatic carbocycles. The van der Waals surface area contributed by atoms with Gasteiger partial charge in [0.05, 0.1) is 11.2 Å². The highest BCUT2D eigenvalue weighted by Gasteiger charge is 2.33. The summed E-state index contributed by atoms with van der Waals surface area (Å²) in [6, 6.07) is 15.9. The van der Waals surface area contributed by atoms with Gasteiger partial charge >= 0.3 is 0 Å². The Balaban J connectivity index is 1.69. The van der Waals surface area contributed by atoms with Crippen molar-refractivity contribution < 1.29 is 0 Å². The molecule has 2 bridgehead atoms. The fraction of sp³-hybridized carbons (Fsp3) is 0.348. The standard InChI is InChI=1S/C23H23N/c1-14-11-15(2)13-18(12-14)21-9-8-20-22(24-21)10-7-19-16-3-5-17(6-4-16)23(19)20/h7-13,16-17H,3-6H2,1-2H3. The van der Waals surface area contributed by atoms with Gasteiger partial charge in [-0.2, -0.15) is 0 Å². The third-order valence-corrected chi connectivity index (χ3v) is 6.04. The minimum atomic E-state index is 0.766. The quantitative estimate of drug-likeness (QED) is 0.515. The minimum Gasteiger partial charge on any atom is -0.248 e. The molecule has 6 rings (SSSR count). The molecule has 3 aliphatic rings. The van der Waals surface area contributed by atoms with E-state index in [9.17, 15) is 0 Å². The van der Waals surface area contributed by atoms with E-state index in [0.717, 1.165) is 23.0 Å². The molecule has 0 N–H and O–H groups in total. The number of pyridine rings is 1. The van der Waals surface area contributed by atoms with Crippen molar-refractivity contribution in [3.05, 3.63) is 64.7 Å². The summed E-state index contributed by atoms with van der Waals surface area (Å²) in [5.74, 6) is 1.57. The SMILES string of the molecule is Cc1cc(C)cc(-c2ccc3c4c(ccc3n2)C2CCC4CC2)c1. The second-order valence-electron chi connectivity index (χ2n) is 7.76. The van der Waals surface area contributed by atoms with Crippen molar-refractivity contribution >= 4 is 10.9 Å². The van der Waals surface area contributed by atoms with Crippen LogP contribution in [0.2, 0.25) is 0 Å². The molecule has 1 heterocycles. The first kappa shape index (κ1) is 14.2. The number of aryl methyl sites for hydroxylation is 2. The van der Waals surface area contributed by atoms with Gasteiger partial charge in [0, 0.05) is 10.9 Å². The Morgan fingerprint density at radius 1 is 0.792 bits per heavy atom. The van der Waals surface area contributed by atoms with E-state index in [4.69, 9.17) is 4.98 Å². The fourth-order valence-corrected chi connectivity index (χ4v) is 5.03. The van der Waals surface area contributed by atoms with Gasteiger partial charge in [-0.15, -0.1) is 0 Å². The molecule has 3 aromatic rings.